The molecule has 0 saturated carbocycles. The lowest BCUT2D eigenvalue weighted by molar-refractivity contribution is 0.413. The predicted octanol–water partition coefficient (Wildman–Crippen LogP) is 1.75. The molecule has 0 aliphatic rings. The quantitative estimate of drug-likeness (QED) is 0.873. The molecule has 0 spiro atoms. The van der Waals surface area contributed by atoms with Crippen LogP contribution in [0.1, 0.15) is 17.0 Å². The van der Waals surface area contributed by atoms with Crippen LogP contribution in [0.5, 0.6) is 5.75 Å². The van der Waals surface area contributed by atoms with Crippen molar-refractivity contribution >= 4 is 0 Å². The van der Waals surface area contributed by atoms with Gasteiger partial charge in [0.15, 0.2) is 0 Å². The maximum absolute atomic E-state index is 5.54. The molecule has 2 N–H and O–H groups in total. The van der Waals surface area contributed by atoms with Gasteiger partial charge in [0.05, 0.1) is 19.3 Å². The standard InChI is InChI=1S/C14H19N3O/c1-11-7-14(18-2)8-13(16-11)10-17-6-4-12(9-17)3-5-15/h4,6-9H,3,5,10,15H2,1-2H3. The highest BCUT2D eigenvalue weighted by Gasteiger charge is 2.02. The Bertz CT molecular complexity index is 520. The van der Waals surface area contributed by atoms with Crippen LogP contribution in [0.3, 0.4) is 0 Å². The van der Waals surface area contributed by atoms with Crippen molar-refractivity contribution in [2.45, 2.75) is 19.9 Å². The predicted molar refractivity (Wildman–Crippen MR) is 71.8 cm³/mol. The summed E-state index contributed by atoms with van der Waals surface area (Å²) >= 11 is 0. The maximum Gasteiger partial charge on any atom is 0.122 e. The highest BCUT2D eigenvalue weighted by atomic mass is 16.5. The summed E-state index contributed by atoms with van der Waals surface area (Å²) in [5, 5.41) is 0. The van der Waals surface area contributed by atoms with Gasteiger partial charge in [-0.2, -0.15) is 0 Å². The van der Waals surface area contributed by atoms with Crippen LogP contribution in [0.4, 0.5) is 0 Å². The molecule has 2 rings (SSSR count). The molecule has 0 fully saturated rings. The van der Waals surface area contributed by atoms with Gasteiger partial charge in [-0.05, 0) is 31.5 Å². The van der Waals surface area contributed by atoms with Crippen molar-refractivity contribution < 1.29 is 4.74 Å². The van der Waals surface area contributed by atoms with Crippen molar-refractivity contribution in [3.05, 3.63) is 47.5 Å². The molecule has 0 saturated heterocycles. The van der Waals surface area contributed by atoms with Crippen molar-refractivity contribution in [3.63, 3.8) is 0 Å². The molecule has 0 bridgehead atoms. The Morgan fingerprint density at radius 2 is 2.22 bits per heavy atom. The molecule has 0 aliphatic carbocycles. The van der Waals surface area contributed by atoms with Gasteiger partial charge in [-0.1, -0.05) is 0 Å². The molecular formula is C14H19N3O. The van der Waals surface area contributed by atoms with E-state index in [1.54, 1.807) is 7.11 Å². The zero-order valence-corrected chi connectivity index (χ0v) is 10.9. The number of rotatable bonds is 5. The SMILES string of the molecule is COc1cc(C)nc(Cn2ccc(CCN)c2)c1. The number of pyridine rings is 1. The Kier molecular flexibility index (Phi) is 3.99. The minimum atomic E-state index is 0.681. The summed E-state index contributed by atoms with van der Waals surface area (Å²) in [6.07, 6.45) is 5.09. The molecule has 2 aromatic heterocycles. The van der Waals surface area contributed by atoms with Crippen LogP contribution in [0, 0.1) is 6.92 Å². The van der Waals surface area contributed by atoms with Crippen LogP contribution in [-0.4, -0.2) is 23.2 Å². The molecule has 2 aromatic rings. The smallest absolute Gasteiger partial charge is 0.122 e. The summed E-state index contributed by atoms with van der Waals surface area (Å²) in [6, 6.07) is 5.99. The summed E-state index contributed by atoms with van der Waals surface area (Å²) in [6.45, 7) is 3.41. The maximum atomic E-state index is 5.54. The van der Waals surface area contributed by atoms with Crippen LogP contribution in [0.25, 0.3) is 0 Å². The number of hydrogen-bond acceptors (Lipinski definition) is 3. The van der Waals surface area contributed by atoms with Gasteiger partial charge in [0.1, 0.15) is 5.75 Å². The largest absolute Gasteiger partial charge is 0.497 e. The molecule has 4 nitrogen and oxygen atoms in total. The van der Waals surface area contributed by atoms with Crippen molar-refractivity contribution in [2.24, 2.45) is 5.73 Å². The van der Waals surface area contributed by atoms with E-state index in [4.69, 9.17) is 10.5 Å². The number of aryl methyl sites for hydroxylation is 1. The summed E-state index contributed by atoms with van der Waals surface area (Å²) < 4.78 is 7.37. The first-order valence-corrected chi connectivity index (χ1v) is 6.07. The lowest BCUT2D eigenvalue weighted by Crippen LogP contribution is -2.03. The van der Waals surface area contributed by atoms with Crippen LogP contribution < -0.4 is 10.5 Å². The topological polar surface area (TPSA) is 53.1 Å². The van der Waals surface area contributed by atoms with E-state index in [1.807, 2.05) is 19.1 Å². The van der Waals surface area contributed by atoms with Crippen LogP contribution in [0.2, 0.25) is 0 Å². The van der Waals surface area contributed by atoms with E-state index in [9.17, 15) is 0 Å². The number of nitrogens with zero attached hydrogens (tertiary/aromatic N) is 2. The Balaban J connectivity index is 2.14. The molecule has 4 heteroatoms. The number of ether oxygens (including phenoxy) is 1. The minimum Gasteiger partial charge on any atom is -0.497 e. The summed E-state index contributed by atoms with van der Waals surface area (Å²) in [4.78, 5) is 4.51. The minimum absolute atomic E-state index is 0.681. The third-order valence-corrected chi connectivity index (χ3v) is 2.80. The highest BCUT2D eigenvalue weighted by molar-refractivity contribution is 5.27. The first-order chi connectivity index (χ1) is 8.71. The van der Waals surface area contributed by atoms with Gasteiger partial charge in [-0.15, -0.1) is 0 Å². The van der Waals surface area contributed by atoms with Gasteiger partial charge in [0, 0.05) is 30.2 Å². The number of nitrogens with two attached hydrogens (primary N) is 1. The molecule has 0 radical (unpaired) electrons. The molecule has 96 valence electrons. The third kappa shape index (κ3) is 3.11. The van der Waals surface area contributed by atoms with Crippen LogP contribution in [0.15, 0.2) is 30.6 Å². The Hall–Kier alpha value is -1.81. The number of methoxy groups -OCH3 is 1. The monoisotopic (exact) mass is 245 g/mol. The van der Waals surface area contributed by atoms with Gasteiger partial charge >= 0.3 is 0 Å². The Labute approximate surface area is 107 Å². The molecule has 0 amide bonds. The van der Waals surface area contributed by atoms with Gasteiger partial charge in [-0.3, -0.25) is 4.98 Å². The van der Waals surface area contributed by atoms with Gasteiger partial charge < -0.3 is 15.0 Å². The summed E-state index contributed by atoms with van der Waals surface area (Å²) in [5.41, 5.74) is 8.78. The first kappa shape index (κ1) is 12.6. The zero-order chi connectivity index (χ0) is 13.0. The molecule has 0 aliphatic heterocycles. The van der Waals surface area contributed by atoms with Crippen LogP contribution >= 0.6 is 0 Å². The lowest BCUT2D eigenvalue weighted by atomic mass is 10.2. The Morgan fingerprint density at radius 1 is 1.39 bits per heavy atom. The summed E-state index contributed by atoms with van der Waals surface area (Å²) in [7, 11) is 1.67. The van der Waals surface area contributed by atoms with Gasteiger partial charge in [0.25, 0.3) is 0 Å². The van der Waals surface area contributed by atoms with E-state index < -0.39 is 0 Å². The lowest BCUT2D eigenvalue weighted by Gasteiger charge is -2.07. The normalized spacial score (nSPS) is 10.6. The van der Waals surface area contributed by atoms with E-state index in [0.717, 1.165) is 30.1 Å². The fourth-order valence-corrected chi connectivity index (χ4v) is 1.99. The number of hydrogen-bond donors (Lipinski definition) is 1. The van der Waals surface area contributed by atoms with Gasteiger partial charge in [0.2, 0.25) is 0 Å². The van der Waals surface area contributed by atoms with Gasteiger partial charge in [-0.25, -0.2) is 0 Å². The fraction of sp³-hybridized carbons (Fsp3) is 0.357. The van der Waals surface area contributed by atoms with Crippen molar-refractivity contribution in [1.29, 1.82) is 0 Å². The van der Waals surface area contributed by atoms with Crippen molar-refractivity contribution in [3.8, 4) is 5.75 Å². The van der Waals surface area contributed by atoms with Crippen LogP contribution in [-0.2, 0) is 13.0 Å². The second-order valence-electron chi connectivity index (χ2n) is 4.37. The fourth-order valence-electron chi connectivity index (χ4n) is 1.99. The average molecular weight is 245 g/mol. The van der Waals surface area contributed by atoms with E-state index in [0.29, 0.717) is 6.54 Å². The molecule has 2 heterocycles. The van der Waals surface area contributed by atoms with E-state index in [1.165, 1.54) is 5.56 Å². The molecule has 18 heavy (non-hydrogen) atoms. The van der Waals surface area contributed by atoms with Crippen molar-refractivity contribution in [2.75, 3.05) is 13.7 Å². The average Bonchev–Trinajstić information content (AvgIpc) is 2.76. The molecular weight excluding hydrogens is 226 g/mol. The number of aromatic nitrogens is 2. The molecule has 0 aromatic carbocycles. The molecule has 0 atom stereocenters. The van der Waals surface area contributed by atoms with E-state index >= 15 is 0 Å². The molecule has 0 unspecified atom stereocenters. The van der Waals surface area contributed by atoms with E-state index in [2.05, 4.69) is 28.0 Å². The van der Waals surface area contributed by atoms with E-state index in [-0.39, 0.29) is 0 Å². The van der Waals surface area contributed by atoms with Crippen molar-refractivity contribution in [1.82, 2.24) is 9.55 Å². The first-order valence-electron chi connectivity index (χ1n) is 6.07. The second kappa shape index (κ2) is 5.69. The second-order valence-corrected chi connectivity index (χ2v) is 4.37. The summed E-state index contributed by atoms with van der Waals surface area (Å²) in [5.74, 6) is 0.854. The zero-order valence-electron chi connectivity index (χ0n) is 10.9. The third-order valence-electron chi connectivity index (χ3n) is 2.80. The Morgan fingerprint density at radius 3 is 2.94 bits per heavy atom. The highest BCUT2D eigenvalue weighted by Crippen LogP contribution is 2.14.